The molecule has 1 saturated heterocycles. The molecule has 1 fully saturated rings. The third-order valence-electron chi connectivity index (χ3n) is 3.82. The minimum Gasteiger partial charge on any atom is -0.494 e. The Kier molecular flexibility index (Phi) is 6.74. The second-order valence-corrected chi connectivity index (χ2v) is 7.95. The number of rotatable bonds is 6. The van der Waals surface area contributed by atoms with Crippen LogP contribution in [0.2, 0.25) is 0 Å². The summed E-state index contributed by atoms with van der Waals surface area (Å²) in [5.41, 5.74) is 1.42. The van der Waals surface area contributed by atoms with Crippen molar-refractivity contribution in [2.45, 2.75) is 6.92 Å². The topological polar surface area (TPSA) is 75.7 Å². The van der Waals surface area contributed by atoms with Crippen LogP contribution in [-0.4, -0.2) is 35.1 Å². The van der Waals surface area contributed by atoms with E-state index in [0.717, 1.165) is 25.8 Å². The van der Waals surface area contributed by atoms with Crippen LogP contribution in [0.25, 0.3) is 6.08 Å². The molecule has 2 aromatic rings. The first kappa shape index (κ1) is 20.4. The number of ether oxygens (including phenoxy) is 1. The highest BCUT2D eigenvalue weighted by Crippen LogP contribution is 2.32. The first-order valence-corrected chi connectivity index (χ1v) is 10.4. The molecule has 0 saturated carbocycles. The summed E-state index contributed by atoms with van der Waals surface area (Å²) in [6, 6.07) is 14.4. The van der Waals surface area contributed by atoms with Crippen LogP contribution in [0.4, 0.5) is 10.5 Å². The van der Waals surface area contributed by atoms with E-state index in [1.54, 1.807) is 30.3 Å². The zero-order valence-corrected chi connectivity index (χ0v) is 18.0. The van der Waals surface area contributed by atoms with Gasteiger partial charge in [0.1, 0.15) is 12.3 Å². The summed E-state index contributed by atoms with van der Waals surface area (Å²) in [4.78, 5) is 38.3. The molecule has 0 radical (unpaired) electrons. The molecule has 0 bridgehead atoms. The van der Waals surface area contributed by atoms with Crippen LogP contribution in [0, 0.1) is 3.57 Å². The largest absolute Gasteiger partial charge is 0.494 e. The average molecular weight is 508 g/mol. The zero-order chi connectivity index (χ0) is 20.1. The highest BCUT2D eigenvalue weighted by molar-refractivity contribution is 14.1. The molecule has 0 aliphatic carbocycles. The van der Waals surface area contributed by atoms with Gasteiger partial charge in [-0.1, -0.05) is 18.2 Å². The van der Waals surface area contributed by atoms with Crippen LogP contribution >= 0.6 is 34.4 Å². The first-order valence-electron chi connectivity index (χ1n) is 8.50. The van der Waals surface area contributed by atoms with Crippen LogP contribution in [0.15, 0.2) is 53.4 Å². The molecule has 144 valence electrons. The van der Waals surface area contributed by atoms with Crippen LogP contribution < -0.4 is 10.1 Å². The summed E-state index contributed by atoms with van der Waals surface area (Å²) >= 11 is 3.01. The fourth-order valence-corrected chi connectivity index (χ4v) is 3.89. The quantitative estimate of drug-likeness (QED) is 0.464. The number of benzene rings is 2. The van der Waals surface area contributed by atoms with Crippen molar-refractivity contribution in [1.82, 2.24) is 4.90 Å². The monoisotopic (exact) mass is 508 g/mol. The molecular formula is C20H17IN2O4S. The second-order valence-electron chi connectivity index (χ2n) is 5.79. The van der Waals surface area contributed by atoms with E-state index in [4.69, 9.17) is 4.74 Å². The number of nitrogens with zero attached hydrogens (tertiary/aromatic N) is 1. The third kappa shape index (κ3) is 4.93. The lowest BCUT2D eigenvalue weighted by atomic mass is 10.2. The predicted octanol–water partition coefficient (Wildman–Crippen LogP) is 4.36. The van der Waals surface area contributed by atoms with Crippen LogP contribution in [0.5, 0.6) is 5.75 Å². The molecule has 1 N–H and O–H groups in total. The maximum Gasteiger partial charge on any atom is 0.294 e. The molecule has 3 rings (SSSR count). The van der Waals surface area contributed by atoms with Crippen LogP contribution in [0.1, 0.15) is 12.5 Å². The maximum atomic E-state index is 12.6. The molecule has 6 nitrogen and oxygen atoms in total. The Hall–Kier alpha value is -2.33. The van der Waals surface area contributed by atoms with Gasteiger partial charge >= 0.3 is 0 Å². The van der Waals surface area contributed by atoms with Crippen LogP contribution in [0.3, 0.4) is 0 Å². The number of halogens is 1. The lowest BCUT2D eigenvalue weighted by Crippen LogP contribution is -2.36. The van der Waals surface area contributed by atoms with E-state index in [2.05, 4.69) is 27.9 Å². The Morgan fingerprint density at radius 1 is 1.18 bits per heavy atom. The van der Waals surface area contributed by atoms with Crippen molar-refractivity contribution >= 4 is 63.2 Å². The number of anilines is 1. The Bertz CT molecular complexity index is 943. The smallest absolute Gasteiger partial charge is 0.294 e. The summed E-state index contributed by atoms with van der Waals surface area (Å²) in [5.74, 6) is -0.203. The Labute approximate surface area is 180 Å². The van der Waals surface area contributed by atoms with Gasteiger partial charge in [0.15, 0.2) is 0 Å². The second kappa shape index (κ2) is 9.24. The van der Waals surface area contributed by atoms with Gasteiger partial charge in [0.2, 0.25) is 5.91 Å². The fourth-order valence-electron chi connectivity index (χ4n) is 2.51. The maximum absolute atomic E-state index is 12.6. The zero-order valence-electron chi connectivity index (χ0n) is 15.0. The summed E-state index contributed by atoms with van der Waals surface area (Å²) in [7, 11) is 0. The van der Waals surface area contributed by atoms with Gasteiger partial charge in [-0.25, -0.2) is 0 Å². The number of imide groups is 1. The summed E-state index contributed by atoms with van der Waals surface area (Å²) in [5, 5.41) is 2.23. The number of nitrogens with one attached hydrogen (secondary N) is 1. The van der Waals surface area contributed by atoms with Crippen molar-refractivity contribution in [3.05, 3.63) is 62.6 Å². The fraction of sp³-hybridized carbons (Fsp3) is 0.150. The number of carbonyl (C=O) groups is 3. The molecule has 8 heteroatoms. The van der Waals surface area contributed by atoms with Gasteiger partial charge in [0.05, 0.1) is 11.5 Å². The lowest BCUT2D eigenvalue weighted by molar-refractivity contribution is -0.127. The predicted molar refractivity (Wildman–Crippen MR) is 118 cm³/mol. The van der Waals surface area contributed by atoms with Gasteiger partial charge < -0.3 is 10.1 Å². The Morgan fingerprint density at radius 2 is 1.89 bits per heavy atom. The Balaban J connectivity index is 1.65. The minimum atomic E-state index is -0.462. The molecular weight excluding hydrogens is 491 g/mol. The standard InChI is InChI=1S/C20H17IN2O4S/c1-2-27-15-9-7-14(8-10-15)22-18(24)12-23-19(25)17(28-20(23)26)11-13-5-3-4-6-16(13)21/h3-11H,2,12H2,1H3,(H,22,24)/b17-11-. The van der Waals surface area contributed by atoms with Crippen molar-refractivity contribution < 1.29 is 19.1 Å². The van der Waals surface area contributed by atoms with E-state index in [1.165, 1.54) is 0 Å². The lowest BCUT2D eigenvalue weighted by Gasteiger charge is -2.12. The summed E-state index contributed by atoms with van der Waals surface area (Å²) in [6.45, 7) is 2.11. The molecule has 0 unspecified atom stereocenters. The molecule has 3 amide bonds. The van der Waals surface area contributed by atoms with Gasteiger partial charge in [0, 0.05) is 9.26 Å². The molecule has 1 aliphatic heterocycles. The van der Waals surface area contributed by atoms with Crippen molar-refractivity contribution in [1.29, 1.82) is 0 Å². The highest BCUT2D eigenvalue weighted by Gasteiger charge is 2.36. The SMILES string of the molecule is CCOc1ccc(NC(=O)CN2C(=O)S/C(=C\c3ccccc3I)C2=O)cc1. The Morgan fingerprint density at radius 3 is 2.57 bits per heavy atom. The summed E-state index contributed by atoms with van der Waals surface area (Å²) < 4.78 is 6.32. The molecule has 28 heavy (non-hydrogen) atoms. The summed E-state index contributed by atoms with van der Waals surface area (Å²) in [6.07, 6.45) is 1.68. The van der Waals surface area contributed by atoms with E-state index < -0.39 is 17.1 Å². The average Bonchev–Trinajstić information content (AvgIpc) is 2.93. The van der Waals surface area contributed by atoms with Gasteiger partial charge in [-0.3, -0.25) is 19.3 Å². The van der Waals surface area contributed by atoms with Crippen molar-refractivity contribution in [2.75, 3.05) is 18.5 Å². The molecule has 2 aromatic carbocycles. The minimum absolute atomic E-state index is 0.308. The van der Waals surface area contributed by atoms with Crippen LogP contribution in [-0.2, 0) is 9.59 Å². The van der Waals surface area contributed by atoms with Crippen molar-refractivity contribution in [3.8, 4) is 5.75 Å². The number of carbonyl (C=O) groups excluding carboxylic acids is 3. The number of thioether (sulfide) groups is 1. The number of hydrogen-bond acceptors (Lipinski definition) is 5. The first-order chi connectivity index (χ1) is 13.5. The van der Waals surface area contributed by atoms with Gasteiger partial charge in [-0.15, -0.1) is 0 Å². The van der Waals surface area contributed by atoms with Crippen molar-refractivity contribution in [2.24, 2.45) is 0 Å². The van der Waals surface area contributed by atoms with E-state index in [0.29, 0.717) is 22.9 Å². The van der Waals surface area contributed by atoms with Crippen molar-refractivity contribution in [3.63, 3.8) is 0 Å². The van der Waals surface area contributed by atoms with E-state index in [1.807, 2.05) is 31.2 Å². The van der Waals surface area contributed by atoms with E-state index in [-0.39, 0.29) is 6.54 Å². The molecule has 0 spiro atoms. The third-order valence-corrected chi connectivity index (χ3v) is 5.71. The number of amides is 3. The van der Waals surface area contributed by atoms with Gasteiger partial charge in [0.25, 0.3) is 11.1 Å². The number of hydrogen-bond donors (Lipinski definition) is 1. The molecule has 1 aliphatic rings. The van der Waals surface area contributed by atoms with Gasteiger partial charge in [-0.05, 0) is 83.2 Å². The van der Waals surface area contributed by atoms with E-state index >= 15 is 0 Å². The molecule has 0 aromatic heterocycles. The normalized spacial score (nSPS) is 15.2. The van der Waals surface area contributed by atoms with E-state index in [9.17, 15) is 14.4 Å². The molecule has 1 heterocycles. The highest BCUT2D eigenvalue weighted by atomic mass is 127. The molecule has 0 atom stereocenters. The van der Waals surface area contributed by atoms with Gasteiger partial charge in [-0.2, -0.15) is 0 Å².